The van der Waals surface area contributed by atoms with Crippen molar-refractivity contribution in [2.75, 3.05) is 27.3 Å². The molecule has 0 aliphatic rings. The van der Waals surface area contributed by atoms with Crippen LogP contribution in [0.1, 0.15) is 20.3 Å². The van der Waals surface area contributed by atoms with E-state index < -0.39 is 12.2 Å². The van der Waals surface area contributed by atoms with Gasteiger partial charge < -0.3 is 25.0 Å². The number of hydrogen-bond donors (Lipinski definition) is 3. The molecule has 0 aliphatic carbocycles. The van der Waals surface area contributed by atoms with Crippen LogP contribution in [-0.2, 0) is 4.74 Å². The average molecular weight is 235 g/mol. The molecule has 5 nitrogen and oxygen atoms in total. The SMILES string of the molecule is CC[C@H](OCCO)C(O)C([C@@H](C)O)N(C)C. The Morgan fingerprint density at radius 2 is 1.81 bits per heavy atom. The molecule has 0 aromatic heterocycles. The van der Waals surface area contributed by atoms with Gasteiger partial charge in [0.1, 0.15) is 0 Å². The minimum absolute atomic E-state index is 0.0650. The number of hydrogen-bond acceptors (Lipinski definition) is 5. The van der Waals surface area contributed by atoms with Gasteiger partial charge in [-0.25, -0.2) is 0 Å². The van der Waals surface area contributed by atoms with Crippen LogP contribution in [0.3, 0.4) is 0 Å². The lowest BCUT2D eigenvalue weighted by Gasteiger charge is -2.35. The topological polar surface area (TPSA) is 73.2 Å². The number of likely N-dealkylation sites (N-methyl/N-ethyl adjacent to an activating group) is 1. The van der Waals surface area contributed by atoms with Crippen molar-refractivity contribution in [3.8, 4) is 0 Å². The van der Waals surface area contributed by atoms with Crippen molar-refractivity contribution < 1.29 is 20.1 Å². The highest BCUT2D eigenvalue weighted by Crippen LogP contribution is 2.14. The molecule has 0 saturated heterocycles. The molecule has 0 aromatic carbocycles. The zero-order valence-electron chi connectivity index (χ0n) is 10.6. The summed E-state index contributed by atoms with van der Waals surface area (Å²) >= 11 is 0. The van der Waals surface area contributed by atoms with E-state index in [0.717, 1.165) is 0 Å². The van der Waals surface area contributed by atoms with Crippen LogP contribution in [0.4, 0.5) is 0 Å². The van der Waals surface area contributed by atoms with E-state index in [-0.39, 0.29) is 25.4 Å². The van der Waals surface area contributed by atoms with E-state index in [1.807, 2.05) is 6.92 Å². The zero-order chi connectivity index (χ0) is 12.7. The smallest absolute Gasteiger partial charge is 0.0981 e. The molecule has 0 aliphatic heterocycles. The molecule has 2 unspecified atom stereocenters. The number of nitrogens with zero attached hydrogens (tertiary/aromatic N) is 1. The number of aliphatic hydroxyl groups excluding tert-OH is 3. The predicted octanol–water partition coefficient (Wildman–Crippen LogP) is -0.554. The third kappa shape index (κ3) is 4.76. The maximum Gasteiger partial charge on any atom is 0.0981 e. The Morgan fingerprint density at radius 3 is 2.12 bits per heavy atom. The maximum absolute atomic E-state index is 10.1. The van der Waals surface area contributed by atoms with Crippen LogP contribution in [0.15, 0.2) is 0 Å². The van der Waals surface area contributed by atoms with E-state index in [1.54, 1.807) is 25.9 Å². The Labute approximate surface area is 97.6 Å². The van der Waals surface area contributed by atoms with Gasteiger partial charge in [-0.05, 0) is 27.4 Å². The molecule has 98 valence electrons. The van der Waals surface area contributed by atoms with Crippen molar-refractivity contribution in [3.05, 3.63) is 0 Å². The zero-order valence-corrected chi connectivity index (χ0v) is 10.6. The molecule has 3 N–H and O–H groups in total. The molecule has 0 amide bonds. The summed E-state index contributed by atoms with van der Waals surface area (Å²) in [7, 11) is 3.61. The highest BCUT2D eigenvalue weighted by atomic mass is 16.5. The van der Waals surface area contributed by atoms with Crippen LogP contribution in [-0.4, -0.2) is 71.9 Å². The van der Waals surface area contributed by atoms with Crippen LogP contribution in [0.25, 0.3) is 0 Å². The molecule has 0 aromatic rings. The summed E-state index contributed by atoms with van der Waals surface area (Å²) in [6.07, 6.45) is -1.14. The number of aliphatic hydroxyl groups is 3. The van der Waals surface area contributed by atoms with Gasteiger partial charge in [-0.1, -0.05) is 6.92 Å². The van der Waals surface area contributed by atoms with Crippen LogP contribution in [0.2, 0.25) is 0 Å². The predicted molar refractivity (Wildman–Crippen MR) is 62.3 cm³/mol. The van der Waals surface area contributed by atoms with Crippen molar-refractivity contribution in [2.24, 2.45) is 0 Å². The van der Waals surface area contributed by atoms with Crippen molar-refractivity contribution in [1.82, 2.24) is 4.90 Å². The largest absolute Gasteiger partial charge is 0.394 e. The molecule has 16 heavy (non-hydrogen) atoms. The lowest BCUT2D eigenvalue weighted by Crippen LogP contribution is -2.52. The van der Waals surface area contributed by atoms with E-state index >= 15 is 0 Å². The minimum Gasteiger partial charge on any atom is -0.394 e. The first-order chi connectivity index (χ1) is 7.45. The molecule has 0 fully saturated rings. The minimum atomic E-state index is -0.772. The number of ether oxygens (including phenoxy) is 1. The fourth-order valence-corrected chi connectivity index (χ4v) is 1.90. The van der Waals surface area contributed by atoms with Gasteiger partial charge in [0.2, 0.25) is 0 Å². The van der Waals surface area contributed by atoms with Crippen LogP contribution >= 0.6 is 0 Å². The second-order valence-electron chi connectivity index (χ2n) is 4.23. The van der Waals surface area contributed by atoms with Crippen molar-refractivity contribution in [1.29, 1.82) is 0 Å². The lowest BCUT2D eigenvalue weighted by molar-refractivity contribution is -0.0969. The van der Waals surface area contributed by atoms with Gasteiger partial charge in [-0.15, -0.1) is 0 Å². The summed E-state index contributed by atoms with van der Waals surface area (Å²) in [5.41, 5.74) is 0. The fraction of sp³-hybridized carbons (Fsp3) is 1.00. The molecule has 0 bridgehead atoms. The van der Waals surface area contributed by atoms with Gasteiger partial charge in [0.15, 0.2) is 0 Å². The average Bonchev–Trinajstić information content (AvgIpc) is 2.17. The standard InChI is InChI=1S/C11H25NO4/c1-5-9(16-7-6-13)11(15)10(8(2)14)12(3)4/h8-11,13-15H,5-7H2,1-4H3/t8-,9+,10?,11?/m1/s1. The highest BCUT2D eigenvalue weighted by Gasteiger charge is 2.32. The van der Waals surface area contributed by atoms with Gasteiger partial charge in [0, 0.05) is 0 Å². The summed E-state index contributed by atoms with van der Waals surface area (Å²) in [4.78, 5) is 1.78. The molecule has 0 rings (SSSR count). The first kappa shape index (κ1) is 15.8. The third-order valence-electron chi connectivity index (χ3n) is 2.65. The van der Waals surface area contributed by atoms with Crippen LogP contribution in [0, 0.1) is 0 Å². The first-order valence-electron chi connectivity index (χ1n) is 5.70. The van der Waals surface area contributed by atoms with E-state index in [2.05, 4.69) is 0 Å². The summed E-state index contributed by atoms with van der Waals surface area (Å²) in [5.74, 6) is 0. The molecule has 0 saturated carbocycles. The van der Waals surface area contributed by atoms with Gasteiger partial charge >= 0.3 is 0 Å². The molecular weight excluding hydrogens is 210 g/mol. The second kappa shape index (κ2) is 7.97. The summed E-state index contributed by atoms with van der Waals surface area (Å²) in [5, 5.41) is 28.4. The van der Waals surface area contributed by atoms with Gasteiger partial charge in [0.05, 0.1) is 37.6 Å². The Kier molecular flexibility index (Phi) is 7.87. The molecular formula is C11H25NO4. The molecule has 0 spiro atoms. The van der Waals surface area contributed by atoms with Crippen LogP contribution < -0.4 is 0 Å². The van der Waals surface area contributed by atoms with Gasteiger partial charge in [-0.3, -0.25) is 0 Å². The monoisotopic (exact) mass is 235 g/mol. The quantitative estimate of drug-likeness (QED) is 0.526. The normalized spacial score (nSPS) is 19.5. The molecule has 4 atom stereocenters. The van der Waals surface area contributed by atoms with Gasteiger partial charge in [-0.2, -0.15) is 0 Å². The molecule has 5 heteroatoms. The van der Waals surface area contributed by atoms with E-state index in [9.17, 15) is 10.2 Å². The summed E-state index contributed by atoms with van der Waals surface area (Å²) < 4.78 is 5.35. The van der Waals surface area contributed by atoms with Crippen molar-refractivity contribution in [2.45, 2.75) is 44.6 Å². The Bertz CT molecular complexity index is 167. The fourth-order valence-electron chi connectivity index (χ4n) is 1.90. The number of rotatable bonds is 8. The van der Waals surface area contributed by atoms with E-state index in [1.165, 1.54) is 0 Å². The molecule has 0 heterocycles. The Morgan fingerprint density at radius 1 is 1.25 bits per heavy atom. The van der Waals surface area contributed by atoms with Crippen LogP contribution in [0.5, 0.6) is 0 Å². The van der Waals surface area contributed by atoms with E-state index in [4.69, 9.17) is 9.84 Å². The van der Waals surface area contributed by atoms with Crippen molar-refractivity contribution >= 4 is 0 Å². The third-order valence-corrected chi connectivity index (χ3v) is 2.65. The summed E-state index contributed by atoms with van der Waals surface area (Å²) in [6.45, 7) is 3.69. The Hall–Kier alpha value is -0.200. The molecule has 0 radical (unpaired) electrons. The van der Waals surface area contributed by atoms with Gasteiger partial charge in [0.25, 0.3) is 0 Å². The Balaban J connectivity index is 4.48. The summed E-state index contributed by atoms with van der Waals surface area (Å²) in [6, 6.07) is -0.372. The first-order valence-corrected chi connectivity index (χ1v) is 5.70. The lowest BCUT2D eigenvalue weighted by atomic mass is 9.98. The van der Waals surface area contributed by atoms with E-state index in [0.29, 0.717) is 6.42 Å². The maximum atomic E-state index is 10.1. The second-order valence-corrected chi connectivity index (χ2v) is 4.23. The van der Waals surface area contributed by atoms with Crippen molar-refractivity contribution in [3.63, 3.8) is 0 Å². The highest BCUT2D eigenvalue weighted by molar-refractivity contribution is 4.85.